The Kier molecular flexibility index (Phi) is 4.24. The Labute approximate surface area is 111 Å². The SMILES string of the molecule is CCOC(=O)N1CCN(C(=O)[C@@H]2CCC(=O)N2)CC1. The van der Waals surface area contributed by atoms with Crippen LogP contribution >= 0.6 is 0 Å². The van der Waals surface area contributed by atoms with E-state index in [2.05, 4.69) is 5.32 Å². The second-order valence-corrected chi connectivity index (χ2v) is 4.67. The van der Waals surface area contributed by atoms with Crippen molar-refractivity contribution in [1.29, 1.82) is 0 Å². The fourth-order valence-corrected chi connectivity index (χ4v) is 2.34. The number of hydrogen-bond acceptors (Lipinski definition) is 4. The Hall–Kier alpha value is -1.79. The lowest BCUT2D eigenvalue weighted by Gasteiger charge is -2.35. The predicted octanol–water partition coefficient (Wildman–Crippen LogP) is -0.434. The quantitative estimate of drug-likeness (QED) is 0.737. The molecule has 0 unspecified atom stereocenters. The summed E-state index contributed by atoms with van der Waals surface area (Å²) in [4.78, 5) is 38.0. The van der Waals surface area contributed by atoms with Crippen LogP contribution in [0.5, 0.6) is 0 Å². The Morgan fingerprint density at radius 1 is 1.26 bits per heavy atom. The molecular formula is C12H19N3O4. The van der Waals surface area contributed by atoms with Gasteiger partial charge in [0.15, 0.2) is 0 Å². The summed E-state index contributed by atoms with van der Waals surface area (Å²) in [6.07, 6.45) is 0.651. The highest BCUT2D eigenvalue weighted by Gasteiger charge is 2.33. The summed E-state index contributed by atoms with van der Waals surface area (Å²) in [5, 5.41) is 2.67. The fourth-order valence-electron chi connectivity index (χ4n) is 2.34. The number of nitrogens with one attached hydrogen (secondary N) is 1. The third-order valence-electron chi connectivity index (χ3n) is 3.41. The van der Waals surface area contributed by atoms with Gasteiger partial charge in [0.2, 0.25) is 11.8 Å². The van der Waals surface area contributed by atoms with E-state index in [0.717, 1.165) is 0 Å². The number of carbonyl (C=O) groups is 3. The molecule has 1 N–H and O–H groups in total. The summed E-state index contributed by atoms with van der Waals surface area (Å²) in [7, 11) is 0. The highest BCUT2D eigenvalue weighted by molar-refractivity contribution is 5.90. The molecule has 2 heterocycles. The van der Waals surface area contributed by atoms with Crippen molar-refractivity contribution in [2.75, 3.05) is 32.8 Å². The number of amides is 3. The van der Waals surface area contributed by atoms with Crippen LogP contribution in [0.3, 0.4) is 0 Å². The van der Waals surface area contributed by atoms with E-state index in [4.69, 9.17) is 4.74 Å². The zero-order chi connectivity index (χ0) is 13.8. The Morgan fingerprint density at radius 3 is 2.42 bits per heavy atom. The Balaban J connectivity index is 1.81. The maximum atomic E-state index is 12.1. The van der Waals surface area contributed by atoms with E-state index in [1.165, 1.54) is 0 Å². The predicted molar refractivity (Wildman–Crippen MR) is 66.3 cm³/mol. The summed E-state index contributed by atoms with van der Waals surface area (Å²) < 4.78 is 4.92. The lowest BCUT2D eigenvalue weighted by molar-refractivity contribution is -0.135. The molecule has 0 aliphatic carbocycles. The van der Waals surface area contributed by atoms with Gasteiger partial charge in [0.1, 0.15) is 6.04 Å². The van der Waals surface area contributed by atoms with Gasteiger partial charge in [0, 0.05) is 32.6 Å². The number of nitrogens with zero attached hydrogens (tertiary/aromatic N) is 2. The van der Waals surface area contributed by atoms with Crippen molar-refractivity contribution < 1.29 is 19.1 Å². The first-order valence-electron chi connectivity index (χ1n) is 6.61. The second-order valence-electron chi connectivity index (χ2n) is 4.67. The van der Waals surface area contributed by atoms with Crippen LogP contribution in [0.15, 0.2) is 0 Å². The lowest BCUT2D eigenvalue weighted by atomic mass is 10.2. The van der Waals surface area contributed by atoms with Gasteiger partial charge in [-0.3, -0.25) is 9.59 Å². The van der Waals surface area contributed by atoms with E-state index in [1.54, 1.807) is 16.7 Å². The standard InChI is InChI=1S/C12H19N3O4/c1-2-19-12(18)15-7-5-14(6-8-15)11(17)9-3-4-10(16)13-9/h9H,2-8H2,1H3,(H,13,16)/t9-/m0/s1. The average molecular weight is 269 g/mol. The molecule has 0 aromatic rings. The van der Waals surface area contributed by atoms with Gasteiger partial charge >= 0.3 is 6.09 Å². The largest absolute Gasteiger partial charge is 0.450 e. The first-order chi connectivity index (χ1) is 9.11. The Bertz CT molecular complexity index is 377. The third kappa shape index (κ3) is 3.15. The molecule has 0 radical (unpaired) electrons. The molecule has 1 atom stereocenters. The molecule has 0 spiro atoms. The first kappa shape index (κ1) is 13.6. The van der Waals surface area contributed by atoms with Crippen molar-refractivity contribution in [2.45, 2.75) is 25.8 Å². The van der Waals surface area contributed by atoms with Crippen LogP contribution in [0.4, 0.5) is 4.79 Å². The van der Waals surface area contributed by atoms with Gasteiger partial charge < -0.3 is 19.9 Å². The van der Waals surface area contributed by atoms with Crippen molar-refractivity contribution in [3.63, 3.8) is 0 Å². The van der Waals surface area contributed by atoms with Crippen LogP contribution in [-0.2, 0) is 14.3 Å². The van der Waals surface area contributed by atoms with E-state index in [9.17, 15) is 14.4 Å². The lowest BCUT2D eigenvalue weighted by Crippen LogP contribution is -2.54. The summed E-state index contributed by atoms with van der Waals surface area (Å²) in [6.45, 7) is 4.05. The molecule has 2 aliphatic heterocycles. The third-order valence-corrected chi connectivity index (χ3v) is 3.41. The van der Waals surface area contributed by atoms with Crippen molar-refractivity contribution in [1.82, 2.24) is 15.1 Å². The smallest absolute Gasteiger partial charge is 0.409 e. The van der Waals surface area contributed by atoms with Gasteiger partial charge in [-0.05, 0) is 13.3 Å². The van der Waals surface area contributed by atoms with Crippen LogP contribution in [0.1, 0.15) is 19.8 Å². The van der Waals surface area contributed by atoms with Gasteiger partial charge in [0.25, 0.3) is 0 Å². The molecule has 2 aliphatic rings. The summed E-state index contributed by atoms with van der Waals surface area (Å²) >= 11 is 0. The van der Waals surface area contributed by atoms with Crippen LogP contribution in [0.2, 0.25) is 0 Å². The molecule has 19 heavy (non-hydrogen) atoms. The normalized spacial score (nSPS) is 23.2. The van der Waals surface area contributed by atoms with Crippen LogP contribution in [0.25, 0.3) is 0 Å². The minimum atomic E-state index is -0.387. The summed E-state index contributed by atoms with van der Waals surface area (Å²) in [6, 6.07) is -0.387. The highest BCUT2D eigenvalue weighted by atomic mass is 16.6. The topological polar surface area (TPSA) is 79.0 Å². The maximum absolute atomic E-state index is 12.1. The molecule has 0 bridgehead atoms. The monoisotopic (exact) mass is 269 g/mol. The molecule has 0 aromatic heterocycles. The zero-order valence-electron chi connectivity index (χ0n) is 11.1. The van der Waals surface area contributed by atoms with Crippen molar-refractivity contribution >= 4 is 17.9 Å². The minimum Gasteiger partial charge on any atom is -0.450 e. The Morgan fingerprint density at radius 2 is 1.89 bits per heavy atom. The van der Waals surface area contributed by atoms with Crippen molar-refractivity contribution in [3.8, 4) is 0 Å². The molecule has 7 heteroatoms. The van der Waals surface area contributed by atoms with E-state index in [1.807, 2.05) is 0 Å². The molecule has 2 rings (SSSR count). The van der Waals surface area contributed by atoms with Gasteiger partial charge in [-0.25, -0.2) is 4.79 Å². The van der Waals surface area contributed by atoms with Crippen LogP contribution in [-0.4, -0.2) is 66.5 Å². The second kappa shape index (κ2) is 5.90. The van der Waals surface area contributed by atoms with Gasteiger partial charge in [-0.15, -0.1) is 0 Å². The van der Waals surface area contributed by atoms with Crippen molar-refractivity contribution in [3.05, 3.63) is 0 Å². The van der Waals surface area contributed by atoms with Crippen molar-refractivity contribution in [2.24, 2.45) is 0 Å². The van der Waals surface area contributed by atoms with Gasteiger partial charge in [-0.2, -0.15) is 0 Å². The molecule has 106 valence electrons. The number of carbonyl (C=O) groups excluding carboxylic acids is 3. The molecular weight excluding hydrogens is 250 g/mol. The van der Waals surface area contributed by atoms with E-state index in [0.29, 0.717) is 45.6 Å². The number of piperazine rings is 1. The fraction of sp³-hybridized carbons (Fsp3) is 0.750. The van der Waals surface area contributed by atoms with E-state index < -0.39 is 0 Å². The summed E-state index contributed by atoms with van der Waals surface area (Å²) in [5.74, 6) is -0.113. The number of rotatable bonds is 2. The summed E-state index contributed by atoms with van der Waals surface area (Å²) in [5.41, 5.74) is 0. The molecule has 2 fully saturated rings. The van der Waals surface area contributed by atoms with Crippen LogP contribution in [0, 0.1) is 0 Å². The van der Waals surface area contributed by atoms with Crippen LogP contribution < -0.4 is 5.32 Å². The average Bonchev–Trinajstić information content (AvgIpc) is 2.85. The first-order valence-corrected chi connectivity index (χ1v) is 6.61. The van der Waals surface area contributed by atoms with Gasteiger partial charge in [-0.1, -0.05) is 0 Å². The molecule has 0 aromatic carbocycles. The number of ether oxygens (including phenoxy) is 1. The van der Waals surface area contributed by atoms with Gasteiger partial charge in [0.05, 0.1) is 6.61 Å². The minimum absolute atomic E-state index is 0.0469. The maximum Gasteiger partial charge on any atom is 0.409 e. The molecule has 0 saturated carbocycles. The molecule has 2 saturated heterocycles. The highest BCUT2D eigenvalue weighted by Crippen LogP contribution is 2.12. The van der Waals surface area contributed by atoms with E-state index >= 15 is 0 Å². The molecule has 3 amide bonds. The van der Waals surface area contributed by atoms with E-state index in [-0.39, 0.29) is 23.9 Å². The zero-order valence-corrected chi connectivity index (χ0v) is 11.1. The molecule has 7 nitrogen and oxygen atoms in total. The number of hydrogen-bond donors (Lipinski definition) is 1.